The molecule has 2 aromatic rings. The number of halogens is 1. The third-order valence-electron chi connectivity index (χ3n) is 2.84. The molecule has 0 radical (unpaired) electrons. The van der Waals surface area contributed by atoms with E-state index in [9.17, 15) is 9.18 Å². The van der Waals surface area contributed by atoms with Crippen molar-refractivity contribution in [2.24, 2.45) is 0 Å². The lowest BCUT2D eigenvalue weighted by molar-refractivity contribution is -0.119. The third-order valence-corrected chi connectivity index (χ3v) is 2.84. The normalized spacial score (nSPS) is 11.7. The minimum atomic E-state index is -0.294. The molecular weight excluding hydrogens is 257 g/mol. The molecule has 2 rings (SSSR count). The molecule has 0 spiro atoms. The first kappa shape index (κ1) is 14.0. The van der Waals surface area contributed by atoms with Crippen molar-refractivity contribution in [1.82, 2.24) is 10.3 Å². The minimum absolute atomic E-state index is 0.129. The fraction of sp³-hybridized carbons (Fsp3) is 0.200. The van der Waals surface area contributed by atoms with Gasteiger partial charge >= 0.3 is 0 Å². The Kier molecular flexibility index (Phi) is 4.65. The first-order chi connectivity index (χ1) is 9.65. The fourth-order valence-corrected chi connectivity index (χ4v) is 1.88. The molecule has 0 aliphatic carbocycles. The highest BCUT2D eigenvalue weighted by atomic mass is 19.1. The highest BCUT2D eigenvalue weighted by Crippen LogP contribution is 2.15. The average Bonchev–Trinajstić information content (AvgIpc) is 2.45. The third kappa shape index (κ3) is 4.05. The van der Waals surface area contributed by atoms with Crippen LogP contribution < -0.4 is 10.6 Å². The van der Waals surface area contributed by atoms with E-state index in [1.165, 1.54) is 19.1 Å². The van der Waals surface area contributed by atoms with Crippen LogP contribution in [0.3, 0.4) is 0 Å². The molecule has 4 nitrogen and oxygen atoms in total. The van der Waals surface area contributed by atoms with Gasteiger partial charge in [0.2, 0.25) is 5.91 Å². The van der Waals surface area contributed by atoms with Gasteiger partial charge in [-0.05, 0) is 29.8 Å². The molecule has 0 fully saturated rings. The van der Waals surface area contributed by atoms with Crippen molar-refractivity contribution in [1.29, 1.82) is 0 Å². The van der Waals surface area contributed by atoms with Crippen LogP contribution in [0.25, 0.3) is 0 Å². The SMILES string of the molecule is CC(=O)NC(CNc1ccncc1)c1ccc(F)cc1. The molecule has 1 amide bonds. The van der Waals surface area contributed by atoms with Crippen molar-refractivity contribution in [3.63, 3.8) is 0 Å². The number of aromatic nitrogens is 1. The van der Waals surface area contributed by atoms with Crippen molar-refractivity contribution < 1.29 is 9.18 Å². The Morgan fingerprint density at radius 3 is 2.45 bits per heavy atom. The quantitative estimate of drug-likeness (QED) is 0.880. The topological polar surface area (TPSA) is 54.0 Å². The molecule has 0 bridgehead atoms. The first-order valence-electron chi connectivity index (χ1n) is 6.31. The Bertz CT molecular complexity index is 557. The highest BCUT2D eigenvalue weighted by Gasteiger charge is 2.12. The van der Waals surface area contributed by atoms with Gasteiger partial charge in [0.25, 0.3) is 0 Å². The van der Waals surface area contributed by atoms with E-state index in [1.54, 1.807) is 24.5 Å². The molecule has 0 saturated carbocycles. The van der Waals surface area contributed by atoms with Crippen LogP contribution in [0.1, 0.15) is 18.5 Å². The van der Waals surface area contributed by atoms with Crippen LogP contribution in [0.5, 0.6) is 0 Å². The van der Waals surface area contributed by atoms with E-state index in [-0.39, 0.29) is 17.8 Å². The number of rotatable bonds is 5. The van der Waals surface area contributed by atoms with Gasteiger partial charge in [-0.3, -0.25) is 9.78 Å². The number of carbonyl (C=O) groups is 1. The van der Waals surface area contributed by atoms with Gasteiger partial charge in [0.1, 0.15) is 5.82 Å². The van der Waals surface area contributed by atoms with Crippen LogP contribution in [-0.2, 0) is 4.79 Å². The van der Waals surface area contributed by atoms with E-state index in [0.29, 0.717) is 6.54 Å². The molecule has 0 aliphatic rings. The predicted molar refractivity (Wildman–Crippen MR) is 75.7 cm³/mol. The number of nitrogens with one attached hydrogen (secondary N) is 2. The smallest absolute Gasteiger partial charge is 0.217 e. The molecule has 1 unspecified atom stereocenters. The monoisotopic (exact) mass is 273 g/mol. The fourth-order valence-electron chi connectivity index (χ4n) is 1.88. The Labute approximate surface area is 117 Å². The first-order valence-corrected chi connectivity index (χ1v) is 6.31. The zero-order valence-corrected chi connectivity index (χ0v) is 11.1. The number of anilines is 1. The zero-order valence-electron chi connectivity index (χ0n) is 11.1. The Balaban J connectivity index is 2.07. The van der Waals surface area contributed by atoms with Crippen molar-refractivity contribution >= 4 is 11.6 Å². The van der Waals surface area contributed by atoms with E-state index >= 15 is 0 Å². The lowest BCUT2D eigenvalue weighted by atomic mass is 10.1. The van der Waals surface area contributed by atoms with Gasteiger partial charge in [0.15, 0.2) is 0 Å². The van der Waals surface area contributed by atoms with Gasteiger partial charge in [0.05, 0.1) is 6.04 Å². The van der Waals surface area contributed by atoms with Crippen LogP contribution in [0.15, 0.2) is 48.8 Å². The van der Waals surface area contributed by atoms with Gasteiger partial charge in [-0.2, -0.15) is 0 Å². The van der Waals surface area contributed by atoms with Gasteiger partial charge in [-0.1, -0.05) is 12.1 Å². The molecule has 1 aromatic carbocycles. The number of amides is 1. The van der Waals surface area contributed by atoms with Crippen LogP contribution in [-0.4, -0.2) is 17.4 Å². The van der Waals surface area contributed by atoms with E-state index in [0.717, 1.165) is 11.3 Å². The molecule has 1 heterocycles. The summed E-state index contributed by atoms with van der Waals surface area (Å²) in [6.45, 7) is 1.97. The van der Waals surface area contributed by atoms with Gasteiger partial charge in [-0.25, -0.2) is 4.39 Å². The van der Waals surface area contributed by atoms with Gasteiger partial charge in [0, 0.05) is 31.5 Å². The van der Waals surface area contributed by atoms with Crippen LogP contribution in [0.4, 0.5) is 10.1 Å². The molecule has 1 aromatic heterocycles. The summed E-state index contributed by atoms with van der Waals surface area (Å²) in [5.74, 6) is -0.423. The summed E-state index contributed by atoms with van der Waals surface area (Å²) in [6.07, 6.45) is 3.38. The molecule has 2 N–H and O–H groups in total. The maximum atomic E-state index is 13.0. The second-order valence-electron chi connectivity index (χ2n) is 4.42. The summed E-state index contributed by atoms with van der Waals surface area (Å²) >= 11 is 0. The molecule has 0 saturated heterocycles. The van der Waals surface area contributed by atoms with Crippen LogP contribution >= 0.6 is 0 Å². The van der Waals surface area contributed by atoms with E-state index in [4.69, 9.17) is 0 Å². The number of pyridine rings is 1. The lowest BCUT2D eigenvalue weighted by Gasteiger charge is -2.19. The predicted octanol–water partition coefficient (Wildman–Crippen LogP) is 2.51. The molecule has 1 atom stereocenters. The summed E-state index contributed by atoms with van der Waals surface area (Å²) in [4.78, 5) is 15.2. The lowest BCUT2D eigenvalue weighted by Crippen LogP contribution is -2.31. The number of hydrogen-bond donors (Lipinski definition) is 2. The largest absolute Gasteiger partial charge is 0.383 e. The minimum Gasteiger partial charge on any atom is -0.383 e. The summed E-state index contributed by atoms with van der Waals surface area (Å²) in [5.41, 5.74) is 1.76. The number of carbonyl (C=O) groups excluding carboxylic acids is 1. The maximum absolute atomic E-state index is 13.0. The molecule has 0 aliphatic heterocycles. The van der Waals surface area contributed by atoms with E-state index < -0.39 is 0 Å². The van der Waals surface area contributed by atoms with E-state index in [1.807, 2.05) is 12.1 Å². The molecule has 104 valence electrons. The number of hydrogen-bond acceptors (Lipinski definition) is 3. The zero-order chi connectivity index (χ0) is 14.4. The summed E-state index contributed by atoms with van der Waals surface area (Å²) in [7, 11) is 0. The highest BCUT2D eigenvalue weighted by molar-refractivity contribution is 5.73. The van der Waals surface area contributed by atoms with Gasteiger partial charge in [-0.15, -0.1) is 0 Å². The van der Waals surface area contributed by atoms with Crippen molar-refractivity contribution in [2.75, 3.05) is 11.9 Å². The second-order valence-corrected chi connectivity index (χ2v) is 4.42. The summed E-state index contributed by atoms with van der Waals surface area (Å²) in [5, 5.41) is 6.06. The van der Waals surface area contributed by atoms with Crippen LogP contribution in [0, 0.1) is 5.82 Å². The van der Waals surface area contributed by atoms with Crippen molar-refractivity contribution in [3.8, 4) is 0 Å². The Morgan fingerprint density at radius 2 is 1.85 bits per heavy atom. The summed E-state index contributed by atoms with van der Waals surface area (Å²) in [6, 6.07) is 9.58. The molecular formula is C15H16FN3O. The Morgan fingerprint density at radius 1 is 1.20 bits per heavy atom. The average molecular weight is 273 g/mol. The molecule has 20 heavy (non-hydrogen) atoms. The van der Waals surface area contributed by atoms with Crippen molar-refractivity contribution in [3.05, 3.63) is 60.2 Å². The van der Waals surface area contributed by atoms with Crippen molar-refractivity contribution in [2.45, 2.75) is 13.0 Å². The molecule has 5 heteroatoms. The second kappa shape index (κ2) is 6.65. The number of nitrogens with zero attached hydrogens (tertiary/aromatic N) is 1. The standard InChI is InChI=1S/C15H16FN3O/c1-11(20)19-15(12-2-4-13(16)5-3-12)10-18-14-6-8-17-9-7-14/h2-9,15H,10H2,1H3,(H,17,18)(H,19,20). The maximum Gasteiger partial charge on any atom is 0.217 e. The Hall–Kier alpha value is -2.43. The van der Waals surface area contributed by atoms with Gasteiger partial charge < -0.3 is 10.6 Å². The number of benzene rings is 1. The summed E-state index contributed by atoms with van der Waals surface area (Å²) < 4.78 is 13.0. The van der Waals surface area contributed by atoms with E-state index in [2.05, 4.69) is 15.6 Å². The van der Waals surface area contributed by atoms with Crippen LogP contribution in [0.2, 0.25) is 0 Å².